The van der Waals surface area contributed by atoms with Crippen LogP contribution in [0.15, 0.2) is 115 Å². The molecule has 0 radical (unpaired) electrons. The van der Waals surface area contributed by atoms with Crippen molar-refractivity contribution in [2.75, 3.05) is 0 Å². The maximum atomic E-state index is 2.50. The van der Waals surface area contributed by atoms with Crippen molar-refractivity contribution in [3.63, 3.8) is 0 Å². The van der Waals surface area contributed by atoms with Gasteiger partial charge in [0.05, 0.1) is 16.6 Å². The van der Waals surface area contributed by atoms with E-state index in [4.69, 9.17) is 0 Å². The summed E-state index contributed by atoms with van der Waals surface area (Å²) in [6.07, 6.45) is 0. The van der Waals surface area contributed by atoms with Gasteiger partial charge in [0.1, 0.15) is 0 Å². The molecule has 0 saturated carbocycles. The van der Waals surface area contributed by atoms with E-state index in [1.807, 2.05) is 11.3 Å². The maximum Gasteiger partial charge on any atom is 0.0627 e. The molecular weight excluding hydrogens is 480 g/mol. The van der Waals surface area contributed by atoms with E-state index in [9.17, 15) is 0 Å². The molecule has 0 saturated heterocycles. The van der Waals surface area contributed by atoms with Gasteiger partial charge in [0.15, 0.2) is 0 Å². The van der Waals surface area contributed by atoms with Crippen LogP contribution in [0.5, 0.6) is 0 Å². The average Bonchev–Trinajstić information content (AvgIpc) is 3.61. The maximum absolute atomic E-state index is 2.50. The Morgan fingerprint density at radius 3 is 1.82 bits per heavy atom. The van der Waals surface area contributed by atoms with Crippen molar-refractivity contribution < 1.29 is 0 Å². The number of nitrogens with zero attached hydrogens (tertiary/aromatic N) is 2. The van der Waals surface area contributed by atoms with Crippen molar-refractivity contribution in [1.82, 2.24) is 9.13 Å². The van der Waals surface area contributed by atoms with Gasteiger partial charge in [0.25, 0.3) is 0 Å². The Morgan fingerprint density at radius 1 is 0.474 bits per heavy atom. The Hall–Kier alpha value is -4.60. The van der Waals surface area contributed by atoms with E-state index in [1.165, 1.54) is 80.2 Å². The summed E-state index contributed by atoms with van der Waals surface area (Å²) in [4.78, 5) is 0. The second-order valence-electron chi connectivity index (χ2n) is 10.2. The first-order chi connectivity index (χ1) is 18.8. The molecule has 2 nitrogen and oxygen atoms in total. The molecule has 0 fully saturated rings. The molecule has 0 amide bonds. The third kappa shape index (κ3) is 2.47. The molecule has 0 aliphatic heterocycles. The minimum atomic E-state index is 1.21. The van der Waals surface area contributed by atoms with Gasteiger partial charge in [-0.1, -0.05) is 78.9 Å². The van der Waals surface area contributed by atoms with E-state index >= 15 is 0 Å². The minimum Gasteiger partial charge on any atom is -0.343 e. The number of fused-ring (bicyclic) bond motifs is 13. The lowest BCUT2D eigenvalue weighted by atomic mass is 9.99. The van der Waals surface area contributed by atoms with Crippen LogP contribution in [0, 0.1) is 0 Å². The quantitative estimate of drug-likeness (QED) is 0.211. The monoisotopic (exact) mass is 502 g/mol. The number of para-hydroxylation sites is 2. The molecule has 0 bridgehead atoms. The van der Waals surface area contributed by atoms with Gasteiger partial charge >= 0.3 is 0 Å². The van der Waals surface area contributed by atoms with E-state index in [-0.39, 0.29) is 0 Å². The number of benzene rings is 6. The lowest BCUT2D eigenvalue weighted by Crippen LogP contribution is -1.95. The summed E-state index contributed by atoms with van der Waals surface area (Å²) in [7, 11) is 2.21. The standard InChI is InChI=1S/C35H22N2S/c1-36-28-15-7-4-13-25(28)32-33-26-14-5-8-16-29(26)37(35(33)24-12-3-2-11-23(24)34(32)36)21-18-19-31-27(20-21)22-10-6-9-17-30(22)38-31/h2-20H,1H3. The fourth-order valence-electron chi connectivity index (χ4n) is 6.73. The third-order valence-electron chi connectivity index (χ3n) is 8.29. The van der Waals surface area contributed by atoms with Crippen LogP contribution >= 0.6 is 11.3 Å². The van der Waals surface area contributed by atoms with Crippen LogP contribution < -0.4 is 0 Å². The fourth-order valence-corrected chi connectivity index (χ4v) is 7.81. The number of hydrogen-bond donors (Lipinski definition) is 0. The predicted molar refractivity (Wildman–Crippen MR) is 165 cm³/mol. The molecule has 3 heterocycles. The highest BCUT2D eigenvalue weighted by Crippen LogP contribution is 2.46. The van der Waals surface area contributed by atoms with Crippen molar-refractivity contribution in [2.24, 2.45) is 7.05 Å². The number of rotatable bonds is 1. The first kappa shape index (κ1) is 20.5. The van der Waals surface area contributed by atoms with Gasteiger partial charge in [0, 0.05) is 70.7 Å². The van der Waals surface area contributed by atoms with Crippen LogP contribution in [0.2, 0.25) is 0 Å². The van der Waals surface area contributed by atoms with Crippen molar-refractivity contribution in [1.29, 1.82) is 0 Å². The summed E-state index contributed by atoms with van der Waals surface area (Å²) in [5.41, 5.74) is 6.30. The molecule has 0 spiro atoms. The SMILES string of the molecule is Cn1c2ccccc2c2c3c4ccccc4n(-c4ccc5sc6ccccc6c5c4)c3c3ccccc3c21. The van der Waals surface area contributed by atoms with Crippen molar-refractivity contribution >= 4 is 85.9 Å². The highest BCUT2D eigenvalue weighted by Gasteiger charge is 2.22. The molecule has 0 unspecified atom stereocenters. The molecule has 3 aromatic heterocycles. The van der Waals surface area contributed by atoms with Crippen LogP contribution in [0.4, 0.5) is 0 Å². The van der Waals surface area contributed by atoms with Crippen LogP contribution in [0.25, 0.3) is 80.2 Å². The zero-order valence-electron chi connectivity index (χ0n) is 20.8. The van der Waals surface area contributed by atoms with E-state index in [0.29, 0.717) is 0 Å². The molecular formula is C35H22N2S. The lowest BCUT2D eigenvalue weighted by Gasteiger charge is -2.12. The number of hydrogen-bond acceptors (Lipinski definition) is 1. The van der Waals surface area contributed by atoms with Gasteiger partial charge in [0.2, 0.25) is 0 Å². The van der Waals surface area contributed by atoms with E-state index < -0.39 is 0 Å². The molecule has 178 valence electrons. The first-order valence-electron chi connectivity index (χ1n) is 13.0. The first-order valence-corrected chi connectivity index (χ1v) is 13.8. The summed E-state index contributed by atoms with van der Waals surface area (Å²) in [5, 5.41) is 10.5. The number of aryl methyl sites for hydroxylation is 1. The van der Waals surface area contributed by atoms with E-state index in [1.54, 1.807) is 0 Å². The summed E-state index contributed by atoms with van der Waals surface area (Å²) in [6.45, 7) is 0. The Morgan fingerprint density at radius 2 is 1.03 bits per heavy atom. The third-order valence-corrected chi connectivity index (χ3v) is 9.44. The summed E-state index contributed by atoms with van der Waals surface area (Å²) < 4.78 is 7.55. The Labute approximate surface area is 222 Å². The lowest BCUT2D eigenvalue weighted by molar-refractivity contribution is 1.02. The topological polar surface area (TPSA) is 9.86 Å². The largest absolute Gasteiger partial charge is 0.343 e. The zero-order chi connectivity index (χ0) is 25.0. The molecule has 9 rings (SSSR count). The molecule has 38 heavy (non-hydrogen) atoms. The molecule has 0 aliphatic rings. The number of aromatic nitrogens is 2. The Balaban J connectivity index is 1.57. The van der Waals surface area contributed by atoms with Gasteiger partial charge < -0.3 is 9.13 Å². The second kappa shape index (κ2) is 7.25. The molecule has 0 N–H and O–H groups in total. The van der Waals surface area contributed by atoms with Gasteiger partial charge in [-0.3, -0.25) is 0 Å². The van der Waals surface area contributed by atoms with Gasteiger partial charge in [-0.15, -0.1) is 11.3 Å². The van der Waals surface area contributed by atoms with E-state index in [0.717, 1.165) is 0 Å². The molecule has 9 aromatic rings. The Bertz CT molecular complexity index is 2420. The smallest absolute Gasteiger partial charge is 0.0627 e. The van der Waals surface area contributed by atoms with Gasteiger partial charge in [-0.25, -0.2) is 0 Å². The van der Waals surface area contributed by atoms with Crippen molar-refractivity contribution in [3.8, 4) is 5.69 Å². The average molecular weight is 503 g/mol. The van der Waals surface area contributed by atoms with Crippen molar-refractivity contribution in [2.45, 2.75) is 0 Å². The molecule has 0 atom stereocenters. The van der Waals surface area contributed by atoms with Gasteiger partial charge in [-0.05, 0) is 36.4 Å². The van der Waals surface area contributed by atoms with Gasteiger partial charge in [-0.2, -0.15) is 0 Å². The highest BCUT2D eigenvalue weighted by molar-refractivity contribution is 7.25. The van der Waals surface area contributed by atoms with Crippen LogP contribution in [0.3, 0.4) is 0 Å². The second-order valence-corrected chi connectivity index (χ2v) is 11.3. The molecule has 3 heteroatoms. The zero-order valence-corrected chi connectivity index (χ0v) is 21.6. The summed E-state index contributed by atoms with van der Waals surface area (Å²) >= 11 is 1.87. The van der Waals surface area contributed by atoms with Crippen LogP contribution in [0.1, 0.15) is 0 Å². The molecule has 6 aromatic carbocycles. The van der Waals surface area contributed by atoms with Crippen LogP contribution in [-0.2, 0) is 7.05 Å². The summed E-state index contributed by atoms with van der Waals surface area (Å²) in [5.74, 6) is 0. The van der Waals surface area contributed by atoms with E-state index in [2.05, 4.69) is 131 Å². The van der Waals surface area contributed by atoms with Crippen LogP contribution in [-0.4, -0.2) is 9.13 Å². The Kier molecular flexibility index (Phi) is 3.90. The number of thiophene rings is 1. The van der Waals surface area contributed by atoms with Crippen molar-refractivity contribution in [3.05, 3.63) is 115 Å². The normalized spacial score (nSPS) is 12.3. The fraction of sp³-hybridized carbons (Fsp3) is 0.0286. The highest BCUT2D eigenvalue weighted by atomic mass is 32.1. The predicted octanol–water partition coefficient (Wildman–Crippen LogP) is 9.95. The summed E-state index contributed by atoms with van der Waals surface area (Å²) in [6, 6.07) is 42.4. The minimum absolute atomic E-state index is 1.21. The molecule has 0 aliphatic carbocycles.